The molecule has 0 saturated heterocycles. The maximum Gasteiger partial charge on any atom is 0.417 e. The SMILES string of the molecule is CC(C)C1=C2[C@H]3CC[C@@H]4[C@@]5(C)CC[C@H](OC(=O)CC(C)(C)C(=O)O)C(C)(C)[C@@H]5CC[C@@]4(C)[C@]3(C)CC[C@@]2(C(=O)CN(C(=O)CN(C)C)C(=O)c2ccc(Cl)c(C(F)(F)F)c2)CC1. The number of amides is 2. The van der Waals surface area contributed by atoms with Crippen LogP contribution in [0.15, 0.2) is 29.3 Å². The molecule has 5 aliphatic rings. The summed E-state index contributed by atoms with van der Waals surface area (Å²) in [6, 6.07) is 2.82. The lowest BCUT2D eigenvalue weighted by Crippen LogP contribution is -2.66. The Kier molecular flexibility index (Phi) is 12.7. The van der Waals surface area contributed by atoms with Crippen molar-refractivity contribution in [3.05, 3.63) is 45.5 Å². The monoisotopic (exact) mass is 888 g/mol. The van der Waals surface area contributed by atoms with Crippen LogP contribution in [0.1, 0.15) is 149 Å². The Morgan fingerprint density at radius 3 is 2.13 bits per heavy atom. The first-order chi connectivity index (χ1) is 28.5. The Labute approximate surface area is 370 Å². The number of hydrogen-bond donors (Lipinski definition) is 1. The summed E-state index contributed by atoms with van der Waals surface area (Å²) in [5.41, 5.74) is -1.88. The number of carboxylic acids is 1. The lowest BCUT2D eigenvalue weighted by Gasteiger charge is -2.72. The summed E-state index contributed by atoms with van der Waals surface area (Å²) in [7, 11) is 3.30. The Morgan fingerprint density at radius 2 is 1.53 bits per heavy atom. The smallest absolute Gasteiger partial charge is 0.417 e. The lowest BCUT2D eigenvalue weighted by atomic mass is 9.33. The molecule has 0 aliphatic heterocycles. The molecule has 6 rings (SSSR count). The van der Waals surface area contributed by atoms with Crippen LogP contribution in [0.3, 0.4) is 0 Å². The van der Waals surface area contributed by atoms with Crippen LogP contribution in [0.25, 0.3) is 0 Å². The van der Waals surface area contributed by atoms with Crippen LogP contribution in [0.2, 0.25) is 5.02 Å². The van der Waals surface area contributed by atoms with Crippen molar-refractivity contribution in [3.63, 3.8) is 0 Å². The number of imide groups is 1. The van der Waals surface area contributed by atoms with Gasteiger partial charge < -0.3 is 14.7 Å². The van der Waals surface area contributed by atoms with E-state index in [0.29, 0.717) is 31.2 Å². The molecule has 5 aliphatic carbocycles. The normalized spacial score (nSPS) is 33.0. The van der Waals surface area contributed by atoms with Gasteiger partial charge in [0.2, 0.25) is 5.91 Å². The minimum absolute atomic E-state index is 0.0513. The molecule has 1 aromatic rings. The molecule has 13 heteroatoms. The van der Waals surface area contributed by atoms with Gasteiger partial charge in [-0.15, -0.1) is 0 Å². The number of nitrogens with zero attached hydrogens (tertiary/aromatic N) is 2. The van der Waals surface area contributed by atoms with Gasteiger partial charge in [-0.3, -0.25) is 28.9 Å². The largest absolute Gasteiger partial charge is 0.481 e. The highest BCUT2D eigenvalue weighted by molar-refractivity contribution is 6.31. The van der Waals surface area contributed by atoms with E-state index in [-0.39, 0.29) is 69.8 Å². The molecule has 4 fully saturated rings. The minimum atomic E-state index is -4.83. The van der Waals surface area contributed by atoms with Gasteiger partial charge in [0.25, 0.3) is 5.91 Å². The van der Waals surface area contributed by atoms with E-state index in [1.165, 1.54) is 17.2 Å². The standard InChI is InChI=1S/C49H68ClF3N2O7/c1-28(2)30-16-21-48(36(56)26-55(38(57)27-54(10)11)41(59)29-12-14-33(50)32(24-29)49(51,52)53)23-22-46(8)31(40(30)48)13-15-35-45(7)19-18-37(62-39(58)25-43(3,4)42(60)61)44(5,6)34(45)17-20-47(35,46)9/h12,14,24,28,31,34-35,37H,13,15-23,25-27H2,1-11H3,(H,60,61)/t31-,34+,35-,37+,45+,46-,47-,48-/m1/s1. The van der Waals surface area contributed by atoms with Crippen molar-refractivity contribution in [1.82, 2.24) is 9.80 Å². The number of rotatable bonds is 11. The molecule has 2 amide bonds. The number of carbonyl (C=O) groups is 5. The average Bonchev–Trinajstić information content (AvgIpc) is 3.55. The van der Waals surface area contributed by atoms with E-state index in [1.54, 1.807) is 32.8 Å². The first kappa shape index (κ1) is 48.2. The van der Waals surface area contributed by atoms with E-state index in [9.17, 15) is 37.5 Å². The van der Waals surface area contributed by atoms with Gasteiger partial charge in [-0.1, -0.05) is 71.2 Å². The van der Waals surface area contributed by atoms with Crippen LogP contribution in [-0.2, 0) is 30.1 Å². The third-order valence-corrected chi connectivity index (χ3v) is 17.7. The van der Waals surface area contributed by atoms with Crippen molar-refractivity contribution < 1.29 is 47.0 Å². The summed E-state index contributed by atoms with van der Waals surface area (Å²) in [4.78, 5) is 70.5. The van der Waals surface area contributed by atoms with Crippen LogP contribution >= 0.6 is 11.6 Å². The molecule has 344 valence electrons. The third-order valence-electron chi connectivity index (χ3n) is 17.4. The van der Waals surface area contributed by atoms with Gasteiger partial charge in [-0.2, -0.15) is 13.2 Å². The number of carboxylic acid groups (broad SMARTS) is 1. The molecular formula is C49H68ClF3N2O7. The van der Waals surface area contributed by atoms with E-state index in [4.69, 9.17) is 16.3 Å². The fourth-order valence-corrected chi connectivity index (χ4v) is 14.1. The van der Waals surface area contributed by atoms with Crippen molar-refractivity contribution in [2.45, 2.75) is 145 Å². The van der Waals surface area contributed by atoms with E-state index in [0.717, 1.165) is 55.9 Å². The van der Waals surface area contributed by atoms with Gasteiger partial charge >= 0.3 is 18.1 Å². The van der Waals surface area contributed by atoms with Crippen molar-refractivity contribution in [1.29, 1.82) is 0 Å². The molecule has 1 aromatic carbocycles. The number of allylic oxidation sites excluding steroid dienone is 2. The van der Waals surface area contributed by atoms with E-state index in [1.807, 2.05) is 0 Å². The zero-order valence-corrected chi connectivity index (χ0v) is 39.4. The zero-order valence-electron chi connectivity index (χ0n) is 38.6. The van der Waals surface area contributed by atoms with Crippen molar-refractivity contribution in [2.24, 2.45) is 56.2 Å². The van der Waals surface area contributed by atoms with E-state index < -0.39 is 57.9 Å². The number of fused-ring (bicyclic) bond motifs is 7. The lowest BCUT2D eigenvalue weighted by molar-refractivity contribution is -0.233. The number of carbonyl (C=O) groups excluding carboxylic acids is 4. The van der Waals surface area contributed by atoms with E-state index in [2.05, 4.69) is 48.5 Å². The summed E-state index contributed by atoms with van der Waals surface area (Å²) in [6.07, 6.45) is 2.63. The Morgan fingerprint density at radius 1 is 0.871 bits per heavy atom. The third kappa shape index (κ3) is 7.87. The number of Topliss-reactive ketones (excluding diaryl/α,β-unsaturated/α-hetero) is 1. The highest BCUT2D eigenvalue weighted by Crippen LogP contribution is 2.77. The topological polar surface area (TPSA) is 121 Å². The quantitative estimate of drug-likeness (QED) is 0.172. The Hall–Kier alpha value is -3.25. The summed E-state index contributed by atoms with van der Waals surface area (Å²) < 4.78 is 47.9. The van der Waals surface area contributed by atoms with Crippen molar-refractivity contribution >= 4 is 41.1 Å². The molecule has 0 spiro atoms. The van der Waals surface area contributed by atoms with Crippen LogP contribution in [0.4, 0.5) is 13.2 Å². The average molecular weight is 890 g/mol. The molecule has 0 bridgehead atoms. The molecule has 62 heavy (non-hydrogen) atoms. The van der Waals surface area contributed by atoms with E-state index >= 15 is 4.79 Å². The molecule has 8 atom stereocenters. The number of halogens is 4. The molecule has 0 heterocycles. The molecule has 9 nitrogen and oxygen atoms in total. The first-order valence-corrected chi connectivity index (χ1v) is 22.9. The Bertz CT molecular complexity index is 2040. The minimum Gasteiger partial charge on any atom is -0.481 e. The highest BCUT2D eigenvalue weighted by Gasteiger charge is 2.70. The van der Waals surface area contributed by atoms with Crippen molar-refractivity contribution in [2.75, 3.05) is 27.2 Å². The fraction of sp³-hybridized carbons (Fsp3) is 0.735. The summed E-state index contributed by atoms with van der Waals surface area (Å²) in [5, 5.41) is 9.08. The molecular weight excluding hydrogens is 821 g/mol. The summed E-state index contributed by atoms with van der Waals surface area (Å²) >= 11 is 5.89. The van der Waals surface area contributed by atoms with Gasteiger partial charge in [0.05, 0.1) is 40.9 Å². The van der Waals surface area contributed by atoms with Crippen LogP contribution < -0.4 is 0 Å². The molecule has 0 radical (unpaired) electrons. The molecule has 0 aromatic heterocycles. The number of esters is 1. The number of alkyl halides is 3. The summed E-state index contributed by atoms with van der Waals surface area (Å²) in [6.45, 7) is 18.4. The summed E-state index contributed by atoms with van der Waals surface area (Å²) in [5.74, 6) is -2.49. The predicted molar refractivity (Wildman–Crippen MR) is 231 cm³/mol. The molecule has 4 saturated carbocycles. The maximum absolute atomic E-state index is 15.2. The van der Waals surface area contributed by atoms with Crippen LogP contribution in [0, 0.1) is 56.2 Å². The second-order valence-corrected chi connectivity index (χ2v) is 22.5. The Balaban J connectivity index is 1.31. The number of likely N-dealkylation sites (N-methyl/N-ethyl adjacent to an activating group) is 1. The van der Waals surface area contributed by atoms with Gasteiger partial charge in [-0.05, 0) is 150 Å². The van der Waals surface area contributed by atoms with Gasteiger partial charge in [-0.25, -0.2) is 0 Å². The zero-order chi connectivity index (χ0) is 46.3. The van der Waals surface area contributed by atoms with Gasteiger partial charge in [0, 0.05) is 11.0 Å². The van der Waals surface area contributed by atoms with Crippen LogP contribution in [-0.4, -0.2) is 77.7 Å². The number of hydrogen-bond acceptors (Lipinski definition) is 7. The highest BCUT2D eigenvalue weighted by atomic mass is 35.5. The number of aliphatic carboxylic acids is 1. The fourth-order valence-electron chi connectivity index (χ4n) is 13.9. The predicted octanol–water partition coefficient (Wildman–Crippen LogP) is 10.7. The van der Waals surface area contributed by atoms with Gasteiger partial charge in [0.15, 0.2) is 5.78 Å². The first-order valence-electron chi connectivity index (χ1n) is 22.5. The number of ether oxygens (including phenoxy) is 1. The molecule has 1 N–H and O–H groups in total. The van der Waals surface area contributed by atoms with Crippen LogP contribution in [0.5, 0.6) is 0 Å². The molecule has 0 unspecified atom stereocenters. The maximum atomic E-state index is 15.2. The number of benzene rings is 1. The number of ketones is 1. The van der Waals surface area contributed by atoms with Gasteiger partial charge in [0.1, 0.15) is 6.10 Å². The van der Waals surface area contributed by atoms with Crippen molar-refractivity contribution in [3.8, 4) is 0 Å². The second kappa shape index (κ2) is 16.3. The second-order valence-electron chi connectivity index (χ2n) is 22.1.